The zero-order valence-corrected chi connectivity index (χ0v) is 12.9. The highest BCUT2D eigenvalue weighted by atomic mass is 16.5. The first-order valence-electron chi connectivity index (χ1n) is 7.36. The van der Waals surface area contributed by atoms with Crippen molar-refractivity contribution in [3.05, 3.63) is 29.3 Å². The van der Waals surface area contributed by atoms with Crippen molar-refractivity contribution in [2.75, 3.05) is 0 Å². The van der Waals surface area contributed by atoms with Gasteiger partial charge >= 0.3 is 0 Å². The van der Waals surface area contributed by atoms with E-state index in [1.807, 2.05) is 6.07 Å². The molecule has 0 saturated carbocycles. The third-order valence-corrected chi connectivity index (χ3v) is 4.20. The minimum Gasteiger partial charge on any atom is -0.485 e. The number of nitrogens with one attached hydrogen (secondary N) is 1. The van der Waals surface area contributed by atoms with Crippen LogP contribution < -0.4 is 10.2 Å². The highest BCUT2D eigenvalue weighted by molar-refractivity contribution is 5.89. The molecule has 1 aromatic carbocycles. The van der Waals surface area contributed by atoms with Crippen LogP contribution in [0.25, 0.3) is 0 Å². The molecule has 3 rings (SSSR count). The highest BCUT2D eigenvalue weighted by Gasteiger charge is 2.48. The maximum atomic E-state index is 12.3. The molecule has 0 aromatic heterocycles. The number of aliphatic hydroxyl groups excluding tert-OH is 1. The van der Waals surface area contributed by atoms with E-state index in [-0.39, 0.29) is 24.7 Å². The van der Waals surface area contributed by atoms with Crippen molar-refractivity contribution in [3.8, 4) is 11.8 Å². The van der Waals surface area contributed by atoms with Crippen molar-refractivity contribution >= 4 is 11.8 Å². The molecule has 2 amide bonds. The summed E-state index contributed by atoms with van der Waals surface area (Å²) in [5.41, 5.74) is 2.47. The lowest BCUT2D eigenvalue weighted by Crippen LogP contribution is -2.60. The number of carbonyl (C=O) groups is 2. The summed E-state index contributed by atoms with van der Waals surface area (Å²) in [7, 11) is 0. The summed E-state index contributed by atoms with van der Waals surface area (Å²) in [6, 6.07) is 6.05. The van der Waals surface area contributed by atoms with E-state index in [4.69, 9.17) is 10.00 Å². The molecule has 7 nitrogen and oxygen atoms in total. The fourth-order valence-electron chi connectivity index (χ4n) is 2.93. The van der Waals surface area contributed by atoms with E-state index in [0.29, 0.717) is 16.9 Å². The molecule has 2 N–H and O–H groups in total. The molecule has 23 heavy (non-hydrogen) atoms. The minimum atomic E-state index is -1.06. The first-order valence-corrected chi connectivity index (χ1v) is 7.36. The van der Waals surface area contributed by atoms with Crippen LogP contribution in [0, 0.1) is 11.3 Å². The third-order valence-electron chi connectivity index (χ3n) is 4.20. The Balaban J connectivity index is 2.12. The van der Waals surface area contributed by atoms with Gasteiger partial charge in [0.1, 0.15) is 23.5 Å². The Hall–Kier alpha value is -2.59. The number of fused-ring (bicyclic) bond motifs is 1. The molecule has 7 heteroatoms. The van der Waals surface area contributed by atoms with Crippen LogP contribution in [0.15, 0.2) is 18.2 Å². The van der Waals surface area contributed by atoms with Crippen LogP contribution in [0.5, 0.6) is 5.75 Å². The molecule has 1 aromatic rings. The number of hydrazine groups is 1. The van der Waals surface area contributed by atoms with E-state index in [1.165, 1.54) is 5.01 Å². The van der Waals surface area contributed by atoms with Crippen LogP contribution in [0.1, 0.15) is 43.9 Å². The number of carbonyl (C=O) groups excluding carboxylic acids is 2. The average molecular weight is 315 g/mol. The SMILES string of the molecule is CC1(C)Oc2ccc(C#N)cc2[C@H](N2NC(=O)CCC2=O)[C@H]1O. The average Bonchev–Trinajstić information content (AvgIpc) is 2.51. The van der Waals surface area contributed by atoms with E-state index in [2.05, 4.69) is 5.43 Å². The molecule has 0 aliphatic carbocycles. The number of hydrogen-bond acceptors (Lipinski definition) is 5. The van der Waals surface area contributed by atoms with Gasteiger partial charge in [-0.15, -0.1) is 0 Å². The predicted molar refractivity (Wildman–Crippen MR) is 78.8 cm³/mol. The summed E-state index contributed by atoms with van der Waals surface area (Å²) in [5.74, 6) is -0.0735. The largest absolute Gasteiger partial charge is 0.485 e. The van der Waals surface area contributed by atoms with E-state index < -0.39 is 17.7 Å². The molecule has 2 atom stereocenters. The topological polar surface area (TPSA) is 103 Å². The lowest BCUT2D eigenvalue weighted by Gasteiger charge is -2.46. The van der Waals surface area contributed by atoms with Crippen LogP contribution in [0.4, 0.5) is 0 Å². The number of nitriles is 1. The van der Waals surface area contributed by atoms with Crippen LogP contribution in [0.3, 0.4) is 0 Å². The monoisotopic (exact) mass is 315 g/mol. The second-order valence-corrected chi connectivity index (χ2v) is 6.26. The maximum absolute atomic E-state index is 12.3. The molecular weight excluding hydrogens is 298 g/mol. The first kappa shape index (κ1) is 15.3. The summed E-state index contributed by atoms with van der Waals surface area (Å²) in [6.07, 6.45) is -0.849. The van der Waals surface area contributed by atoms with Crippen molar-refractivity contribution < 1.29 is 19.4 Å². The van der Waals surface area contributed by atoms with E-state index in [0.717, 1.165) is 0 Å². The zero-order chi connectivity index (χ0) is 16.8. The lowest BCUT2D eigenvalue weighted by molar-refractivity contribution is -0.161. The molecule has 1 saturated heterocycles. The maximum Gasteiger partial charge on any atom is 0.242 e. The lowest BCUT2D eigenvalue weighted by atomic mass is 9.85. The third kappa shape index (κ3) is 2.51. The van der Waals surface area contributed by atoms with Crippen LogP contribution in [-0.4, -0.2) is 33.6 Å². The molecule has 0 radical (unpaired) electrons. The van der Waals surface area contributed by atoms with Gasteiger partial charge in [0.25, 0.3) is 0 Å². The smallest absolute Gasteiger partial charge is 0.242 e. The van der Waals surface area contributed by atoms with E-state index in [9.17, 15) is 14.7 Å². The van der Waals surface area contributed by atoms with Gasteiger partial charge in [0.2, 0.25) is 11.8 Å². The van der Waals surface area contributed by atoms with Gasteiger partial charge in [-0.1, -0.05) is 0 Å². The number of nitrogens with zero attached hydrogens (tertiary/aromatic N) is 2. The normalized spacial score (nSPS) is 25.9. The molecule has 2 heterocycles. The molecule has 0 unspecified atom stereocenters. The molecular formula is C16H17N3O4. The number of rotatable bonds is 1. The molecule has 2 aliphatic rings. The Morgan fingerprint density at radius 2 is 2.13 bits per heavy atom. The van der Waals surface area contributed by atoms with Gasteiger partial charge in [-0.05, 0) is 32.0 Å². The van der Waals surface area contributed by atoms with E-state index >= 15 is 0 Å². The van der Waals surface area contributed by atoms with Crippen LogP contribution >= 0.6 is 0 Å². The van der Waals surface area contributed by atoms with Crippen molar-refractivity contribution in [3.63, 3.8) is 0 Å². The molecule has 1 fully saturated rings. The van der Waals surface area contributed by atoms with Crippen molar-refractivity contribution in [1.82, 2.24) is 10.4 Å². The quantitative estimate of drug-likeness (QED) is 0.797. The summed E-state index contributed by atoms with van der Waals surface area (Å²) >= 11 is 0. The van der Waals surface area contributed by atoms with Crippen molar-refractivity contribution in [2.45, 2.75) is 44.4 Å². The van der Waals surface area contributed by atoms with Gasteiger partial charge in [-0.25, -0.2) is 5.01 Å². The standard InChI is InChI=1S/C16H17N3O4/c1-16(2)15(22)14(19-13(21)6-5-12(20)18-19)10-7-9(8-17)3-4-11(10)23-16/h3-4,7,14-15,22H,5-6H2,1-2H3,(H,18,20)/t14-,15+/m0/s1. The Bertz CT molecular complexity index is 723. The second-order valence-electron chi connectivity index (χ2n) is 6.26. The van der Waals surface area contributed by atoms with Gasteiger partial charge in [0.15, 0.2) is 0 Å². The molecule has 2 aliphatic heterocycles. The number of ether oxygens (including phenoxy) is 1. The van der Waals surface area contributed by atoms with E-state index in [1.54, 1.807) is 32.0 Å². The summed E-state index contributed by atoms with van der Waals surface area (Å²) in [4.78, 5) is 23.9. The summed E-state index contributed by atoms with van der Waals surface area (Å²) < 4.78 is 5.80. The Kier molecular flexibility index (Phi) is 3.49. The van der Waals surface area contributed by atoms with Crippen LogP contribution in [-0.2, 0) is 9.59 Å². The Morgan fingerprint density at radius 1 is 1.39 bits per heavy atom. The molecule has 120 valence electrons. The Labute approximate surface area is 133 Å². The number of amides is 2. The fraction of sp³-hybridized carbons (Fsp3) is 0.438. The number of hydrogen-bond donors (Lipinski definition) is 2. The van der Waals surface area contributed by atoms with Gasteiger partial charge in [-0.2, -0.15) is 5.26 Å². The number of aliphatic hydroxyl groups is 1. The predicted octanol–water partition coefficient (Wildman–Crippen LogP) is 0.785. The zero-order valence-electron chi connectivity index (χ0n) is 12.9. The summed E-state index contributed by atoms with van der Waals surface area (Å²) in [5, 5.41) is 21.0. The highest BCUT2D eigenvalue weighted by Crippen LogP contribution is 2.43. The van der Waals surface area contributed by atoms with Gasteiger partial charge in [0.05, 0.1) is 11.6 Å². The van der Waals surface area contributed by atoms with Crippen LogP contribution in [0.2, 0.25) is 0 Å². The van der Waals surface area contributed by atoms with Gasteiger partial charge in [-0.3, -0.25) is 15.0 Å². The van der Waals surface area contributed by atoms with Gasteiger partial charge in [0, 0.05) is 18.4 Å². The number of benzene rings is 1. The fourth-order valence-corrected chi connectivity index (χ4v) is 2.93. The summed E-state index contributed by atoms with van der Waals surface area (Å²) in [6.45, 7) is 3.42. The molecule has 0 bridgehead atoms. The Morgan fingerprint density at radius 3 is 2.83 bits per heavy atom. The van der Waals surface area contributed by atoms with Crippen molar-refractivity contribution in [1.29, 1.82) is 5.26 Å². The second kappa shape index (κ2) is 5.25. The van der Waals surface area contributed by atoms with Crippen molar-refractivity contribution in [2.24, 2.45) is 0 Å². The molecule has 0 spiro atoms. The first-order chi connectivity index (χ1) is 10.8. The van der Waals surface area contributed by atoms with Gasteiger partial charge < -0.3 is 9.84 Å². The minimum absolute atomic E-state index is 0.0869.